The van der Waals surface area contributed by atoms with Gasteiger partial charge in [-0.15, -0.1) is 6.42 Å². The molecule has 0 aromatic heterocycles. The monoisotopic (exact) mass is 279 g/mol. The maximum absolute atomic E-state index is 12.4. The molecule has 6 heteroatoms. The standard InChI is InChI=1S/C13H13NO4S/c1-2-10-5-7-11(8-6-10)19(17,18)14-9-3-4-12(14)13(15)16/h1,5-8,12H,3-4,9H2,(H,15,16). The smallest absolute Gasteiger partial charge is 0.322 e. The SMILES string of the molecule is C#Cc1ccc(S(=O)(=O)N2CCCC2C(=O)O)cc1. The van der Waals surface area contributed by atoms with Crippen molar-refractivity contribution in [1.29, 1.82) is 0 Å². The number of hydrogen-bond donors (Lipinski definition) is 1. The summed E-state index contributed by atoms with van der Waals surface area (Å²) in [5.74, 6) is 1.29. The lowest BCUT2D eigenvalue weighted by atomic mass is 10.2. The lowest BCUT2D eigenvalue weighted by Crippen LogP contribution is -2.40. The molecule has 1 atom stereocenters. The molecule has 1 aliphatic rings. The Morgan fingerprint density at radius 1 is 1.37 bits per heavy atom. The van der Waals surface area contributed by atoms with Gasteiger partial charge in [-0.25, -0.2) is 8.42 Å². The van der Waals surface area contributed by atoms with Gasteiger partial charge in [0.15, 0.2) is 0 Å². The summed E-state index contributed by atoms with van der Waals surface area (Å²) in [6.45, 7) is 0.232. The van der Waals surface area contributed by atoms with Crippen molar-refractivity contribution >= 4 is 16.0 Å². The average Bonchev–Trinajstić information content (AvgIpc) is 2.89. The maximum atomic E-state index is 12.4. The first-order valence-electron chi connectivity index (χ1n) is 5.78. The number of terminal acetylenes is 1. The first kappa shape index (κ1) is 13.6. The molecular formula is C13H13NO4S. The van der Waals surface area contributed by atoms with Crippen LogP contribution in [0.15, 0.2) is 29.2 Å². The molecule has 1 saturated heterocycles. The molecule has 1 aliphatic heterocycles. The summed E-state index contributed by atoms with van der Waals surface area (Å²) in [5.41, 5.74) is 0.579. The highest BCUT2D eigenvalue weighted by atomic mass is 32.2. The molecule has 0 aliphatic carbocycles. The zero-order valence-corrected chi connectivity index (χ0v) is 10.9. The van der Waals surface area contributed by atoms with Crippen LogP contribution in [-0.4, -0.2) is 36.4 Å². The fraction of sp³-hybridized carbons (Fsp3) is 0.308. The summed E-state index contributed by atoms with van der Waals surface area (Å²) < 4.78 is 25.8. The summed E-state index contributed by atoms with van der Waals surface area (Å²) in [5, 5.41) is 9.04. The number of sulfonamides is 1. The largest absolute Gasteiger partial charge is 0.480 e. The molecule has 1 unspecified atom stereocenters. The Bertz CT molecular complexity index is 628. The van der Waals surface area contributed by atoms with Gasteiger partial charge in [0.2, 0.25) is 10.0 Å². The van der Waals surface area contributed by atoms with Gasteiger partial charge in [0, 0.05) is 12.1 Å². The minimum absolute atomic E-state index is 0.0691. The maximum Gasteiger partial charge on any atom is 0.322 e. The van der Waals surface area contributed by atoms with Crippen molar-refractivity contribution < 1.29 is 18.3 Å². The van der Waals surface area contributed by atoms with E-state index in [0.717, 1.165) is 4.31 Å². The quantitative estimate of drug-likeness (QED) is 0.834. The van der Waals surface area contributed by atoms with Gasteiger partial charge < -0.3 is 5.11 Å². The van der Waals surface area contributed by atoms with E-state index in [2.05, 4.69) is 5.92 Å². The minimum atomic E-state index is -3.77. The molecule has 1 aromatic rings. The average molecular weight is 279 g/mol. The van der Waals surface area contributed by atoms with Crippen LogP contribution in [0.2, 0.25) is 0 Å². The molecule has 100 valence electrons. The molecule has 5 nitrogen and oxygen atoms in total. The third-order valence-electron chi connectivity index (χ3n) is 3.12. The van der Waals surface area contributed by atoms with E-state index >= 15 is 0 Å². The van der Waals surface area contributed by atoms with Gasteiger partial charge in [-0.3, -0.25) is 4.79 Å². The summed E-state index contributed by atoms with van der Waals surface area (Å²) in [7, 11) is -3.77. The van der Waals surface area contributed by atoms with Crippen molar-refractivity contribution in [3.8, 4) is 12.3 Å². The second-order valence-electron chi connectivity index (χ2n) is 4.28. The second-order valence-corrected chi connectivity index (χ2v) is 6.17. The Kier molecular flexibility index (Phi) is 3.60. The molecule has 0 bridgehead atoms. The number of carboxylic acid groups (broad SMARTS) is 1. The third kappa shape index (κ3) is 2.48. The van der Waals surface area contributed by atoms with Gasteiger partial charge >= 0.3 is 5.97 Å². The van der Waals surface area contributed by atoms with E-state index in [1.165, 1.54) is 24.3 Å². The van der Waals surface area contributed by atoms with E-state index < -0.39 is 22.0 Å². The van der Waals surface area contributed by atoms with E-state index in [1.54, 1.807) is 0 Å². The van der Waals surface area contributed by atoms with Gasteiger partial charge in [0.1, 0.15) is 6.04 Å². The van der Waals surface area contributed by atoms with Gasteiger partial charge in [0.25, 0.3) is 0 Å². The highest BCUT2D eigenvalue weighted by molar-refractivity contribution is 7.89. The van der Waals surface area contributed by atoms with E-state index in [9.17, 15) is 13.2 Å². The Morgan fingerprint density at radius 2 is 2.00 bits per heavy atom. The van der Waals surface area contributed by atoms with Crippen molar-refractivity contribution in [2.75, 3.05) is 6.54 Å². The molecule has 1 aromatic carbocycles. The number of carboxylic acids is 1. The normalized spacial score (nSPS) is 20.1. The van der Waals surface area contributed by atoms with Gasteiger partial charge in [0.05, 0.1) is 4.90 Å². The summed E-state index contributed by atoms with van der Waals surface area (Å²) in [4.78, 5) is 11.1. The number of aliphatic carboxylic acids is 1. The zero-order chi connectivity index (χ0) is 14.0. The molecule has 0 radical (unpaired) electrons. The van der Waals surface area contributed by atoms with Crippen LogP contribution in [-0.2, 0) is 14.8 Å². The van der Waals surface area contributed by atoms with Crippen LogP contribution in [0.25, 0.3) is 0 Å². The second kappa shape index (κ2) is 5.03. The molecule has 1 fully saturated rings. The highest BCUT2D eigenvalue weighted by Crippen LogP contribution is 2.26. The van der Waals surface area contributed by atoms with Gasteiger partial charge in [-0.1, -0.05) is 5.92 Å². The van der Waals surface area contributed by atoms with Crippen LogP contribution in [0.5, 0.6) is 0 Å². The van der Waals surface area contributed by atoms with Crippen molar-refractivity contribution in [3.63, 3.8) is 0 Å². The van der Waals surface area contributed by atoms with Crippen molar-refractivity contribution in [2.45, 2.75) is 23.8 Å². The van der Waals surface area contributed by atoms with Crippen LogP contribution >= 0.6 is 0 Å². The van der Waals surface area contributed by atoms with Crippen molar-refractivity contribution in [3.05, 3.63) is 29.8 Å². The van der Waals surface area contributed by atoms with Crippen molar-refractivity contribution in [1.82, 2.24) is 4.31 Å². The number of rotatable bonds is 3. The zero-order valence-electron chi connectivity index (χ0n) is 10.1. The fourth-order valence-corrected chi connectivity index (χ4v) is 3.78. The van der Waals surface area contributed by atoms with Crippen LogP contribution in [0.1, 0.15) is 18.4 Å². The Labute approximate surface area is 111 Å². The molecule has 1 N–H and O–H groups in total. The molecule has 19 heavy (non-hydrogen) atoms. The van der Waals surface area contributed by atoms with Crippen molar-refractivity contribution in [2.24, 2.45) is 0 Å². The molecule has 1 heterocycles. The number of carbonyl (C=O) groups is 1. The Hall–Kier alpha value is -1.84. The van der Waals surface area contributed by atoms with Crippen LogP contribution < -0.4 is 0 Å². The Morgan fingerprint density at radius 3 is 2.53 bits per heavy atom. The van der Waals surface area contributed by atoms with E-state index in [4.69, 9.17) is 11.5 Å². The summed E-state index contributed by atoms with van der Waals surface area (Å²) >= 11 is 0. The third-order valence-corrected chi connectivity index (χ3v) is 5.04. The number of nitrogens with zero attached hydrogens (tertiary/aromatic N) is 1. The lowest BCUT2D eigenvalue weighted by Gasteiger charge is -2.20. The lowest BCUT2D eigenvalue weighted by molar-refractivity contribution is -0.140. The van der Waals surface area contributed by atoms with Gasteiger partial charge in [-0.2, -0.15) is 4.31 Å². The molecule has 0 spiro atoms. The van der Waals surface area contributed by atoms with Crippen LogP contribution in [0.4, 0.5) is 0 Å². The summed E-state index contributed by atoms with van der Waals surface area (Å²) in [6, 6.07) is 4.89. The Balaban J connectivity index is 2.36. The predicted molar refractivity (Wildman–Crippen MR) is 68.9 cm³/mol. The minimum Gasteiger partial charge on any atom is -0.480 e. The molecule has 0 saturated carbocycles. The highest BCUT2D eigenvalue weighted by Gasteiger charge is 2.39. The number of hydrogen-bond acceptors (Lipinski definition) is 3. The molecule has 0 amide bonds. The molecule has 2 rings (SSSR count). The van der Waals surface area contributed by atoms with E-state index in [1.807, 2.05) is 0 Å². The van der Waals surface area contributed by atoms with E-state index in [-0.39, 0.29) is 11.4 Å². The molecular weight excluding hydrogens is 266 g/mol. The number of benzene rings is 1. The fourth-order valence-electron chi connectivity index (χ4n) is 2.13. The summed E-state index contributed by atoms with van der Waals surface area (Å²) in [6.07, 6.45) is 6.10. The van der Waals surface area contributed by atoms with E-state index in [0.29, 0.717) is 18.4 Å². The predicted octanol–water partition coefficient (Wildman–Crippen LogP) is 0.906. The van der Waals surface area contributed by atoms with Crippen LogP contribution in [0.3, 0.4) is 0 Å². The van der Waals surface area contributed by atoms with Crippen LogP contribution in [0, 0.1) is 12.3 Å². The first-order chi connectivity index (χ1) is 8.96. The topological polar surface area (TPSA) is 74.7 Å². The van der Waals surface area contributed by atoms with Gasteiger partial charge in [-0.05, 0) is 37.1 Å². The first-order valence-corrected chi connectivity index (χ1v) is 7.22.